The van der Waals surface area contributed by atoms with Gasteiger partial charge in [0.25, 0.3) is 0 Å². The molecule has 9 aromatic carbocycles. The van der Waals surface area contributed by atoms with Gasteiger partial charge in [-0.25, -0.2) is 29.9 Å². The third-order valence-electron chi connectivity index (χ3n) is 16.6. The number of rotatable bonds is 6. The van der Waals surface area contributed by atoms with Crippen LogP contribution in [0.4, 0.5) is 0 Å². The summed E-state index contributed by atoms with van der Waals surface area (Å²) in [6.07, 6.45) is 0. The minimum atomic E-state index is -0.154. The van der Waals surface area contributed by atoms with Crippen LogP contribution in [0.2, 0.25) is 0 Å². The Morgan fingerprint density at radius 3 is 0.946 bits per heavy atom. The van der Waals surface area contributed by atoms with E-state index in [1.807, 2.05) is 36.4 Å². The lowest BCUT2D eigenvalue weighted by molar-refractivity contribution is 0.660. The number of nitrogens with zero attached hydrogens (tertiary/aromatic N) is 6. The standard InChI is InChI=1S/C68H48N6/c1-67(2)55-25-15-13-21-45(55)47-31-27-43(37-57(47)67)65-71-61(39-17-7-5-8-18-39)69-63(73-65)41-29-33-51-53(35-41)59-49-23-11-12-24-50(49)60(51)54-36-42(30-34-52(54)59)64-70-62(40-19-9-6-10-20-40)72-66(74-64)44-28-32-48-46-22-14-16-26-56(46)68(3,4)58(48)38-44/h5-38,59-60H,1-4H3. The topological polar surface area (TPSA) is 77.3 Å². The number of hydrogen-bond donors (Lipinski definition) is 0. The zero-order valence-corrected chi connectivity index (χ0v) is 41.5. The molecule has 0 fully saturated rings. The van der Waals surface area contributed by atoms with Crippen LogP contribution < -0.4 is 0 Å². The Hall–Kier alpha value is -9.00. The van der Waals surface area contributed by atoms with Crippen molar-refractivity contribution in [3.05, 3.63) is 262 Å². The van der Waals surface area contributed by atoms with Crippen LogP contribution in [0, 0.1) is 0 Å². The quantitative estimate of drug-likeness (QED) is 0.165. The summed E-state index contributed by atoms with van der Waals surface area (Å²) < 4.78 is 0. The van der Waals surface area contributed by atoms with E-state index in [0.717, 1.165) is 33.4 Å². The molecule has 0 radical (unpaired) electrons. The van der Waals surface area contributed by atoms with Crippen molar-refractivity contribution in [3.63, 3.8) is 0 Å². The molecule has 0 saturated carbocycles. The summed E-state index contributed by atoms with van der Waals surface area (Å²) in [5.41, 5.74) is 23.7. The van der Waals surface area contributed by atoms with E-state index in [9.17, 15) is 0 Å². The first-order valence-corrected chi connectivity index (χ1v) is 25.7. The second kappa shape index (κ2) is 15.7. The lowest BCUT2D eigenvalue weighted by Crippen LogP contribution is -2.27. The molecule has 16 rings (SSSR count). The van der Waals surface area contributed by atoms with Crippen LogP contribution >= 0.6 is 0 Å². The molecule has 0 amide bonds. The molecule has 11 aromatic rings. The van der Waals surface area contributed by atoms with Gasteiger partial charge in [0.05, 0.1) is 0 Å². The monoisotopic (exact) mass is 948 g/mol. The Bertz CT molecular complexity index is 3890. The summed E-state index contributed by atoms with van der Waals surface area (Å²) in [6, 6.07) is 74.2. The van der Waals surface area contributed by atoms with Crippen LogP contribution in [-0.4, -0.2) is 29.9 Å². The van der Waals surface area contributed by atoms with Gasteiger partial charge in [0, 0.05) is 56.0 Å². The number of benzene rings is 9. The summed E-state index contributed by atoms with van der Waals surface area (Å²) in [5.74, 6) is 3.96. The normalized spacial score (nSPS) is 16.3. The third kappa shape index (κ3) is 6.30. The molecule has 6 heteroatoms. The highest BCUT2D eigenvalue weighted by Gasteiger charge is 2.42. The Morgan fingerprint density at radius 1 is 0.243 bits per heavy atom. The second-order valence-corrected chi connectivity index (χ2v) is 21.4. The van der Waals surface area contributed by atoms with Crippen LogP contribution in [0.1, 0.15) is 95.2 Å². The first kappa shape index (κ1) is 42.7. The van der Waals surface area contributed by atoms with Gasteiger partial charge in [-0.1, -0.05) is 210 Å². The van der Waals surface area contributed by atoms with Gasteiger partial charge in [-0.05, 0) is 102 Å². The molecule has 0 N–H and O–H groups in total. The molecule has 74 heavy (non-hydrogen) atoms. The van der Waals surface area contributed by atoms with Crippen LogP contribution in [0.3, 0.4) is 0 Å². The van der Waals surface area contributed by atoms with Crippen molar-refractivity contribution < 1.29 is 0 Å². The lowest BCUT2D eigenvalue weighted by Gasteiger charge is -2.42. The minimum absolute atomic E-state index is 0.0124. The fourth-order valence-corrected chi connectivity index (χ4v) is 12.9. The molecule has 5 aliphatic rings. The Labute approximate surface area is 430 Å². The van der Waals surface area contributed by atoms with Gasteiger partial charge in [0.15, 0.2) is 34.9 Å². The largest absolute Gasteiger partial charge is 0.208 e. The van der Waals surface area contributed by atoms with Gasteiger partial charge < -0.3 is 0 Å². The molecular formula is C68H48N6. The molecule has 0 aliphatic heterocycles. The molecule has 2 atom stereocenters. The van der Waals surface area contributed by atoms with Gasteiger partial charge in [-0.15, -0.1) is 0 Å². The average Bonchev–Trinajstić information content (AvgIpc) is 3.90. The summed E-state index contributed by atoms with van der Waals surface area (Å²) in [5, 5.41) is 0. The molecule has 2 unspecified atom stereocenters. The van der Waals surface area contributed by atoms with Gasteiger partial charge in [-0.2, -0.15) is 0 Å². The van der Waals surface area contributed by atoms with Crippen LogP contribution in [0.15, 0.2) is 206 Å². The van der Waals surface area contributed by atoms with Crippen molar-refractivity contribution in [2.45, 2.75) is 50.4 Å². The van der Waals surface area contributed by atoms with Crippen LogP contribution in [-0.2, 0) is 10.8 Å². The molecule has 6 nitrogen and oxygen atoms in total. The van der Waals surface area contributed by atoms with E-state index in [0.29, 0.717) is 34.9 Å². The molecule has 2 heterocycles. The fraction of sp³-hybridized carbons (Fsp3) is 0.118. The van der Waals surface area contributed by atoms with Gasteiger partial charge in [0.1, 0.15) is 0 Å². The number of aromatic nitrogens is 6. The van der Waals surface area contributed by atoms with Gasteiger partial charge in [-0.3, -0.25) is 0 Å². The Morgan fingerprint density at radius 2 is 0.541 bits per heavy atom. The van der Waals surface area contributed by atoms with E-state index < -0.39 is 0 Å². The van der Waals surface area contributed by atoms with Crippen molar-refractivity contribution in [1.29, 1.82) is 0 Å². The molecule has 2 bridgehead atoms. The van der Waals surface area contributed by atoms with E-state index in [2.05, 4.69) is 198 Å². The van der Waals surface area contributed by atoms with Crippen molar-refractivity contribution in [3.8, 4) is 90.6 Å². The fourth-order valence-electron chi connectivity index (χ4n) is 12.9. The van der Waals surface area contributed by atoms with Crippen LogP contribution in [0.25, 0.3) is 90.6 Å². The maximum atomic E-state index is 5.32. The van der Waals surface area contributed by atoms with Crippen molar-refractivity contribution in [2.75, 3.05) is 0 Å². The molecular weight excluding hydrogens is 901 g/mol. The molecule has 0 spiro atoms. The van der Waals surface area contributed by atoms with Crippen molar-refractivity contribution in [1.82, 2.24) is 29.9 Å². The number of hydrogen-bond acceptors (Lipinski definition) is 6. The van der Waals surface area contributed by atoms with E-state index >= 15 is 0 Å². The van der Waals surface area contributed by atoms with E-state index in [4.69, 9.17) is 29.9 Å². The summed E-state index contributed by atoms with van der Waals surface area (Å²) in [4.78, 5) is 31.4. The summed E-state index contributed by atoms with van der Waals surface area (Å²) in [6.45, 7) is 9.25. The van der Waals surface area contributed by atoms with Crippen LogP contribution in [0.5, 0.6) is 0 Å². The minimum Gasteiger partial charge on any atom is -0.208 e. The predicted octanol–water partition coefficient (Wildman–Crippen LogP) is 15.7. The zero-order chi connectivity index (χ0) is 49.5. The van der Waals surface area contributed by atoms with E-state index in [1.165, 1.54) is 77.9 Å². The Balaban J connectivity index is 0.841. The average molecular weight is 949 g/mol. The maximum Gasteiger partial charge on any atom is 0.164 e. The second-order valence-electron chi connectivity index (χ2n) is 21.4. The van der Waals surface area contributed by atoms with E-state index in [-0.39, 0.29) is 22.7 Å². The molecule has 5 aliphatic carbocycles. The van der Waals surface area contributed by atoms with Crippen molar-refractivity contribution >= 4 is 0 Å². The van der Waals surface area contributed by atoms with Crippen molar-refractivity contribution in [2.24, 2.45) is 0 Å². The van der Waals surface area contributed by atoms with Gasteiger partial charge >= 0.3 is 0 Å². The lowest BCUT2D eigenvalue weighted by atomic mass is 9.61. The zero-order valence-electron chi connectivity index (χ0n) is 41.5. The van der Waals surface area contributed by atoms with E-state index in [1.54, 1.807) is 0 Å². The number of fused-ring (bicyclic) bond motifs is 6. The maximum absolute atomic E-state index is 5.32. The molecule has 0 saturated heterocycles. The highest BCUT2D eigenvalue weighted by molar-refractivity contribution is 5.85. The predicted molar refractivity (Wildman–Crippen MR) is 296 cm³/mol. The highest BCUT2D eigenvalue weighted by Crippen LogP contribution is 2.57. The summed E-state index contributed by atoms with van der Waals surface area (Å²) >= 11 is 0. The third-order valence-corrected chi connectivity index (χ3v) is 16.6. The molecule has 350 valence electrons. The molecule has 2 aromatic heterocycles. The summed E-state index contributed by atoms with van der Waals surface area (Å²) in [7, 11) is 0. The first-order valence-electron chi connectivity index (χ1n) is 25.7. The highest BCUT2D eigenvalue weighted by atomic mass is 15.0. The smallest absolute Gasteiger partial charge is 0.164 e. The SMILES string of the molecule is CC1(C)c2ccccc2-c2ccc(-c3nc(-c4ccccc4)nc(-c4ccc5c(c4)C4c6ccccc6C5c5cc(-c6nc(-c7ccccc7)nc(-c7ccc8c(c7)C(C)(C)c7ccccc7-8)n6)ccc54)n3)cc21. The van der Waals surface area contributed by atoms with Gasteiger partial charge in [0.2, 0.25) is 0 Å². The Kier molecular flexibility index (Phi) is 9.08. The first-order chi connectivity index (χ1) is 36.2.